The Morgan fingerprint density at radius 3 is 2.42 bits per heavy atom. The van der Waals surface area contributed by atoms with Gasteiger partial charge in [-0.1, -0.05) is 6.07 Å². The molecule has 3 N–H and O–H groups in total. The van der Waals surface area contributed by atoms with Crippen LogP contribution in [0.3, 0.4) is 0 Å². The highest BCUT2D eigenvalue weighted by molar-refractivity contribution is 5.92. The summed E-state index contributed by atoms with van der Waals surface area (Å²) in [5.41, 5.74) is -0.178. The number of nitrogens with one attached hydrogen (secondary N) is 3. The molecule has 0 fully saturated rings. The fourth-order valence-corrected chi connectivity index (χ4v) is 1.63. The number of alkyl halides is 3. The number of hydrogen-bond acceptors (Lipinski definition) is 3. The normalized spacial score (nSPS) is 11.6. The topological polar surface area (TPSA) is 79.5 Å². The van der Waals surface area contributed by atoms with Crippen molar-refractivity contribution in [1.82, 2.24) is 10.6 Å². The van der Waals surface area contributed by atoms with Gasteiger partial charge >= 0.3 is 12.2 Å². The lowest BCUT2D eigenvalue weighted by molar-refractivity contribution is -0.153. The van der Waals surface area contributed by atoms with Crippen LogP contribution in [0.4, 0.5) is 23.7 Å². The summed E-state index contributed by atoms with van der Waals surface area (Å²) in [5, 5.41) is 7.42. The summed E-state index contributed by atoms with van der Waals surface area (Å²) in [4.78, 5) is 23.3. The quantitative estimate of drug-likeness (QED) is 0.766. The molecule has 1 aromatic rings. The Morgan fingerprint density at radius 2 is 1.83 bits per heavy atom. The zero-order valence-electron chi connectivity index (χ0n) is 13.6. The standard InChI is InChI=1S/C15H20F3N3O3/c1-14(2,3)21-12(22)8-19-13(23)20-10-5-4-6-11(7-10)24-9-15(16,17)18/h4-7H,8-9H2,1-3H3,(H,21,22)(H2,19,20,23). The number of anilines is 1. The Morgan fingerprint density at radius 1 is 1.17 bits per heavy atom. The van der Waals surface area contributed by atoms with Gasteiger partial charge in [-0.3, -0.25) is 4.79 Å². The van der Waals surface area contributed by atoms with Gasteiger partial charge in [-0.2, -0.15) is 13.2 Å². The van der Waals surface area contributed by atoms with Crippen molar-refractivity contribution < 1.29 is 27.5 Å². The molecule has 0 aliphatic carbocycles. The van der Waals surface area contributed by atoms with E-state index < -0.39 is 24.4 Å². The number of rotatable bonds is 5. The molecule has 1 rings (SSSR count). The van der Waals surface area contributed by atoms with Crippen LogP contribution in [0.15, 0.2) is 24.3 Å². The monoisotopic (exact) mass is 347 g/mol. The zero-order valence-corrected chi connectivity index (χ0v) is 13.6. The molecule has 1 aromatic carbocycles. The molecule has 0 aliphatic heterocycles. The molecule has 0 aromatic heterocycles. The van der Waals surface area contributed by atoms with Crippen LogP contribution >= 0.6 is 0 Å². The van der Waals surface area contributed by atoms with E-state index >= 15 is 0 Å². The lowest BCUT2D eigenvalue weighted by Crippen LogP contribution is -2.46. The highest BCUT2D eigenvalue weighted by Gasteiger charge is 2.28. The first-order valence-electron chi connectivity index (χ1n) is 7.10. The Kier molecular flexibility index (Phi) is 6.44. The van der Waals surface area contributed by atoms with Crippen molar-refractivity contribution in [3.63, 3.8) is 0 Å². The van der Waals surface area contributed by atoms with Crippen LogP contribution in [0.5, 0.6) is 5.75 Å². The van der Waals surface area contributed by atoms with E-state index in [1.54, 1.807) is 20.8 Å². The SMILES string of the molecule is CC(C)(C)NC(=O)CNC(=O)Nc1cccc(OCC(F)(F)F)c1. The number of hydrogen-bond donors (Lipinski definition) is 3. The number of benzene rings is 1. The molecule has 0 bridgehead atoms. The highest BCUT2D eigenvalue weighted by Crippen LogP contribution is 2.21. The lowest BCUT2D eigenvalue weighted by atomic mass is 10.1. The summed E-state index contributed by atoms with van der Waals surface area (Å²) in [7, 11) is 0. The molecule has 6 nitrogen and oxygen atoms in total. The third kappa shape index (κ3) is 8.86. The number of ether oxygens (including phenoxy) is 1. The van der Waals surface area contributed by atoms with Gasteiger partial charge in [0, 0.05) is 17.3 Å². The van der Waals surface area contributed by atoms with Crippen LogP contribution in [-0.2, 0) is 4.79 Å². The van der Waals surface area contributed by atoms with E-state index in [4.69, 9.17) is 0 Å². The van der Waals surface area contributed by atoms with Crippen LogP contribution in [0.1, 0.15) is 20.8 Å². The first kappa shape index (κ1) is 19.6. The molecule has 0 unspecified atom stereocenters. The average molecular weight is 347 g/mol. The summed E-state index contributed by atoms with van der Waals surface area (Å²) < 4.78 is 40.9. The van der Waals surface area contributed by atoms with Gasteiger partial charge in [0.25, 0.3) is 0 Å². The fourth-order valence-electron chi connectivity index (χ4n) is 1.63. The summed E-state index contributed by atoms with van der Waals surface area (Å²) in [6.07, 6.45) is -4.44. The van der Waals surface area contributed by atoms with Crippen LogP contribution in [0.25, 0.3) is 0 Å². The van der Waals surface area contributed by atoms with Crippen molar-refractivity contribution in [2.75, 3.05) is 18.5 Å². The maximum Gasteiger partial charge on any atom is 0.422 e. The van der Waals surface area contributed by atoms with Crippen molar-refractivity contribution in [2.24, 2.45) is 0 Å². The Bertz CT molecular complexity index is 583. The smallest absolute Gasteiger partial charge is 0.422 e. The second kappa shape index (κ2) is 7.89. The summed E-state index contributed by atoms with van der Waals surface area (Å²) >= 11 is 0. The third-order valence-electron chi connectivity index (χ3n) is 2.42. The number of amides is 3. The number of urea groups is 1. The molecular formula is C15H20F3N3O3. The van der Waals surface area contributed by atoms with Gasteiger partial charge in [0.1, 0.15) is 5.75 Å². The van der Waals surface area contributed by atoms with Gasteiger partial charge in [0.05, 0.1) is 6.54 Å². The van der Waals surface area contributed by atoms with Crippen LogP contribution < -0.4 is 20.7 Å². The second-order valence-corrected chi connectivity index (χ2v) is 6.04. The van der Waals surface area contributed by atoms with E-state index in [0.29, 0.717) is 0 Å². The van der Waals surface area contributed by atoms with E-state index in [1.165, 1.54) is 24.3 Å². The van der Waals surface area contributed by atoms with Gasteiger partial charge < -0.3 is 20.7 Å². The molecule has 0 heterocycles. The molecule has 0 aliphatic rings. The molecule has 24 heavy (non-hydrogen) atoms. The van der Waals surface area contributed by atoms with Crippen molar-refractivity contribution in [3.8, 4) is 5.75 Å². The number of halogens is 3. The van der Waals surface area contributed by atoms with Crippen LogP contribution in [-0.4, -0.2) is 36.8 Å². The molecule has 0 atom stereocenters. The van der Waals surface area contributed by atoms with Crippen LogP contribution in [0, 0.1) is 0 Å². The molecule has 0 spiro atoms. The minimum absolute atomic E-state index is 0.0319. The Balaban J connectivity index is 2.48. The summed E-state index contributed by atoms with van der Waals surface area (Å²) in [6, 6.07) is 4.85. The molecule has 0 saturated carbocycles. The molecule has 0 radical (unpaired) electrons. The van der Waals surface area contributed by atoms with Gasteiger partial charge in [0.2, 0.25) is 5.91 Å². The maximum absolute atomic E-state index is 12.1. The average Bonchev–Trinajstić information content (AvgIpc) is 2.41. The van der Waals surface area contributed by atoms with Gasteiger partial charge in [-0.15, -0.1) is 0 Å². The molecule has 0 saturated heterocycles. The summed E-state index contributed by atoms with van der Waals surface area (Å²) in [6.45, 7) is 3.76. The maximum atomic E-state index is 12.1. The van der Waals surface area contributed by atoms with Crippen molar-refractivity contribution in [2.45, 2.75) is 32.5 Å². The molecule has 134 valence electrons. The van der Waals surface area contributed by atoms with E-state index in [9.17, 15) is 22.8 Å². The lowest BCUT2D eigenvalue weighted by Gasteiger charge is -2.20. The molecule has 3 amide bonds. The first-order valence-corrected chi connectivity index (χ1v) is 7.10. The second-order valence-electron chi connectivity index (χ2n) is 6.04. The molecule has 9 heteroatoms. The van der Waals surface area contributed by atoms with Crippen molar-refractivity contribution >= 4 is 17.6 Å². The van der Waals surface area contributed by atoms with Gasteiger partial charge in [-0.25, -0.2) is 4.79 Å². The zero-order chi connectivity index (χ0) is 18.4. The molecular weight excluding hydrogens is 327 g/mol. The largest absolute Gasteiger partial charge is 0.484 e. The number of carbonyl (C=O) groups is 2. The van der Waals surface area contributed by atoms with Gasteiger partial charge in [0.15, 0.2) is 6.61 Å². The first-order chi connectivity index (χ1) is 10.9. The highest BCUT2D eigenvalue weighted by atomic mass is 19.4. The predicted octanol–water partition coefficient (Wildman–Crippen LogP) is 2.66. The minimum atomic E-state index is -4.44. The minimum Gasteiger partial charge on any atom is -0.484 e. The fraction of sp³-hybridized carbons (Fsp3) is 0.467. The van der Waals surface area contributed by atoms with E-state index in [-0.39, 0.29) is 23.9 Å². The Hall–Kier alpha value is -2.45. The van der Waals surface area contributed by atoms with Crippen molar-refractivity contribution in [1.29, 1.82) is 0 Å². The van der Waals surface area contributed by atoms with Gasteiger partial charge in [-0.05, 0) is 32.9 Å². The number of carbonyl (C=O) groups excluding carboxylic acids is 2. The van der Waals surface area contributed by atoms with E-state index in [0.717, 1.165) is 0 Å². The summed E-state index contributed by atoms with van der Waals surface area (Å²) in [5.74, 6) is -0.393. The van der Waals surface area contributed by atoms with Crippen LogP contribution in [0.2, 0.25) is 0 Å². The predicted molar refractivity (Wildman–Crippen MR) is 82.9 cm³/mol. The Labute approximate surface area is 137 Å². The van der Waals surface area contributed by atoms with E-state index in [2.05, 4.69) is 20.7 Å². The van der Waals surface area contributed by atoms with Crippen molar-refractivity contribution in [3.05, 3.63) is 24.3 Å². The van der Waals surface area contributed by atoms with E-state index in [1.807, 2.05) is 0 Å². The third-order valence-corrected chi connectivity index (χ3v) is 2.42.